The van der Waals surface area contributed by atoms with Gasteiger partial charge < -0.3 is 9.58 Å². The summed E-state index contributed by atoms with van der Waals surface area (Å²) in [5.41, 5.74) is 0.857. The molecule has 8 heteroatoms. The van der Waals surface area contributed by atoms with E-state index in [9.17, 15) is 10.1 Å². The molecule has 140 valence electrons. The molecule has 0 unspecified atom stereocenters. The van der Waals surface area contributed by atoms with Crippen LogP contribution in [0.25, 0.3) is 4.85 Å². The topological polar surface area (TPSA) is 97.2 Å². The maximum atomic E-state index is 11.9. The third-order valence-electron chi connectivity index (χ3n) is 4.37. The lowest BCUT2D eigenvalue weighted by atomic mass is 9.80. The molecule has 1 heterocycles. The first kappa shape index (κ1) is 19.9. The number of nitrogens with zero attached hydrogens (tertiary/aromatic N) is 5. The van der Waals surface area contributed by atoms with Gasteiger partial charge >= 0.3 is 6.09 Å². The zero-order chi connectivity index (χ0) is 20.2. The van der Waals surface area contributed by atoms with Gasteiger partial charge in [0.25, 0.3) is 5.54 Å². The van der Waals surface area contributed by atoms with Crippen LogP contribution in [0.15, 0.2) is 24.8 Å². The van der Waals surface area contributed by atoms with Crippen LogP contribution in [0.3, 0.4) is 0 Å². The Morgan fingerprint density at radius 2 is 2.11 bits per heavy atom. The van der Waals surface area contributed by atoms with Crippen LogP contribution >= 0.6 is 0 Å². The SMILES string of the molecule is [C-]#[N+]C(C)(C)c1cc(Cn2cncn2)c(NC(=O)OC)c(C(C)(C)C#N)c1. The van der Waals surface area contributed by atoms with Crippen LogP contribution in [0.5, 0.6) is 0 Å². The predicted octanol–water partition coefficient (Wildman–Crippen LogP) is 3.46. The van der Waals surface area contributed by atoms with Crippen molar-refractivity contribution in [3.8, 4) is 6.07 Å². The Kier molecular flexibility index (Phi) is 5.51. The minimum absolute atomic E-state index is 0.315. The molecule has 0 saturated carbocycles. The van der Waals surface area contributed by atoms with Crippen molar-refractivity contribution in [3.63, 3.8) is 0 Å². The number of carbonyl (C=O) groups excluding carboxylic acids is 1. The molecular formula is C19H22N6O2. The van der Waals surface area contributed by atoms with Gasteiger partial charge in [-0.2, -0.15) is 10.4 Å². The number of rotatable bonds is 5. The fourth-order valence-corrected chi connectivity index (χ4v) is 2.59. The van der Waals surface area contributed by atoms with Crippen LogP contribution in [0, 0.1) is 17.9 Å². The van der Waals surface area contributed by atoms with Gasteiger partial charge in [0.1, 0.15) is 12.7 Å². The summed E-state index contributed by atoms with van der Waals surface area (Å²) in [6.45, 7) is 15.0. The number of carbonyl (C=O) groups is 1. The molecule has 0 aliphatic heterocycles. The molecular weight excluding hydrogens is 344 g/mol. The second kappa shape index (κ2) is 7.46. The van der Waals surface area contributed by atoms with Crippen molar-refractivity contribution < 1.29 is 9.53 Å². The van der Waals surface area contributed by atoms with Gasteiger partial charge in [-0.25, -0.2) is 21.0 Å². The molecule has 8 nitrogen and oxygen atoms in total. The van der Waals surface area contributed by atoms with Crippen LogP contribution in [-0.4, -0.2) is 28.0 Å². The molecule has 2 rings (SSSR count). The average Bonchev–Trinajstić information content (AvgIpc) is 3.15. The summed E-state index contributed by atoms with van der Waals surface area (Å²) in [5, 5.41) is 16.5. The van der Waals surface area contributed by atoms with Crippen molar-refractivity contribution in [2.75, 3.05) is 12.4 Å². The maximum Gasteiger partial charge on any atom is 0.411 e. The van der Waals surface area contributed by atoms with Gasteiger partial charge in [0.2, 0.25) is 0 Å². The summed E-state index contributed by atoms with van der Waals surface area (Å²) in [4.78, 5) is 19.6. The smallest absolute Gasteiger partial charge is 0.411 e. The second-order valence-electron chi connectivity index (χ2n) is 7.18. The van der Waals surface area contributed by atoms with Crippen molar-refractivity contribution in [3.05, 3.63) is 52.9 Å². The molecule has 0 radical (unpaired) electrons. The van der Waals surface area contributed by atoms with E-state index in [2.05, 4.69) is 26.3 Å². The summed E-state index contributed by atoms with van der Waals surface area (Å²) in [5.74, 6) is 0. The summed E-state index contributed by atoms with van der Waals surface area (Å²) in [7, 11) is 1.28. The minimum atomic E-state index is -0.901. The van der Waals surface area contributed by atoms with Gasteiger partial charge in [0.15, 0.2) is 0 Å². The third-order valence-corrected chi connectivity index (χ3v) is 4.37. The summed E-state index contributed by atoms with van der Waals surface area (Å²) < 4.78 is 6.35. The van der Waals surface area contributed by atoms with Gasteiger partial charge in [0.05, 0.1) is 30.8 Å². The quantitative estimate of drug-likeness (QED) is 0.817. The second-order valence-corrected chi connectivity index (χ2v) is 7.18. The van der Waals surface area contributed by atoms with Crippen LogP contribution in [-0.2, 0) is 22.2 Å². The Bertz CT molecular complexity index is 917. The first-order valence-corrected chi connectivity index (χ1v) is 8.29. The number of ether oxygens (including phenoxy) is 1. The number of aromatic nitrogens is 3. The number of nitriles is 1. The molecule has 2 aromatic rings. The van der Waals surface area contributed by atoms with Crippen LogP contribution in [0.1, 0.15) is 44.4 Å². The van der Waals surface area contributed by atoms with Crippen molar-refractivity contribution >= 4 is 11.8 Å². The van der Waals surface area contributed by atoms with Gasteiger partial charge in [-0.1, -0.05) is 0 Å². The molecule has 1 aromatic heterocycles. The summed E-state index contributed by atoms with van der Waals surface area (Å²) >= 11 is 0. The first-order valence-electron chi connectivity index (χ1n) is 8.29. The Balaban J connectivity index is 2.77. The highest BCUT2D eigenvalue weighted by Crippen LogP contribution is 2.38. The molecule has 1 amide bonds. The van der Waals surface area contributed by atoms with Crippen molar-refractivity contribution in [2.24, 2.45) is 0 Å². The number of anilines is 1. The van der Waals surface area contributed by atoms with E-state index in [0.717, 1.165) is 5.56 Å². The molecule has 1 aromatic carbocycles. The van der Waals surface area contributed by atoms with E-state index < -0.39 is 17.0 Å². The molecule has 27 heavy (non-hydrogen) atoms. The molecule has 0 saturated heterocycles. The lowest BCUT2D eigenvalue weighted by Crippen LogP contribution is -2.24. The number of methoxy groups -OCH3 is 1. The Hall–Kier alpha value is -3.39. The number of hydrogen-bond acceptors (Lipinski definition) is 5. The van der Waals surface area contributed by atoms with E-state index in [0.29, 0.717) is 23.4 Å². The van der Waals surface area contributed by atoms with Crippen LogP contribution < -0.4 is 5.32 Å². The fraction of sp³-hybridized carbons (Fsp3) is 0.421. The maximum absolute atomic E-state index is 11.9. The highest BCUT2D eigenvalue weighted by Gasteiger charge is 2.33. The highest BCUT2D eigenvalue weighted by molar-refractivity contribution is 5.87. The fourth-order valence-electron chi connectivity index (χ4n) is 2.59. The zero-order valence-electron chi connectivity index (χ0n) is 16.1. The molecule has 0 atom stereocenters. The molecule has 0 bridgehead atoms. The number of benzene rings is 1. The normalized spacial score (nSPS) is 11.4. The monoisotopic (exact) mass is 366 g/mol. The van der Waals surface area contributed by atoms with Gasteiger partial charge in [-0.15, -0.1) is 0 Å². The number of amides is 1. The zero-order valence-corrected chi connectivity index (χ0v) is 16.1. The van der Waals surface area contributed by atoms with E-state index in [-0.39, 0.29) is 0 Å². The highest BCUT2D eigenvalue weighted by atomic mass is 16.5. The molecule has 0 fully saturated rings. The Morgan fingerprint density at radius 1 is 1.41 bits per heavy atom. The average molecular weight is 366 g/mol. The Labute approximate surface area is 158 Å². The number of hydrogen-bond donors (Lipinski definition) is 1. The summed E-state index contributed by atoms with van der Waals surface area (Å²) in [6.07, 6.45) is 2.34. The summed E-state index contributed by atoms with van der Waals surface area (Å²) in [6, 6.07) is 5.92. The van der Waals surface area contributed by atoms with Crippen LogP contribution in [0.4, 0.5) is 10.5 Å². The van der Waals surface area contributed by atoms with Gasteiger partial charge in [0, 0.05) is 19.4 Å². The third kappa shape index (κ3) is 4.24. The molecule has 0 spiro atoms. The minimum Gasteiger partial charge on any atom is -0.453 e. The molecule has 0 aliphatic carbocycles. The van der Waals surface area contributed by atoms with Crippen molar-refractivity contribution in [2.45, 2.75) is 45.2 Å². The van der Waals surface area contributed by atoms with Crippen molar-refractivity contribution in [1.29, 1.82) is 5.26 Å². The predicted molar refractivity (Wildman–Crippen MR) is 99.9 cm³/mol. The van der Waals surface area contributed by atoms with E-state index >= 15 is 0 Å². The number of nitrogens with one attached hydrogen (secondary N) is 1. The van der Waals surface area contributed by atoms with E-state index in [1.807, 2.05) is 19.9 Å². The lowest BCUT2D eigenvalue weighted by Gasteiger charge is -2.25. The Morgan fingerprint density at radius 3 is 2.63 bits per heavy atom. The van der Waals surface area contributed by atoms with Gasteiger partial charge in [-0.3, -0.25) is 5.32 Å². The molecule has 0 aliphatic rings. The van der Waals surface area contributed by atoms with E-state index in [1.165, 1.54) is 13.4 Å². The largest absolute Gasteiger partial charge is 0.453 e. The van der Waals surface area contributed by atoms with E-state index in [4.69, 9.17) is 11.3 Å². The lowest BCUT2D eigenvalue weighted by molar-refractivity contribution is 0.187. The van der Waals surface area contributed by atoms with Crippen molar-refractivity contribution in [1.82, 2.24) is 14.8 Å². The molecule has 1 N–H and O–H groups in total. The standard InChI is InChI=1S/C19H22N6O2/c1-18(2,10-20)15-8-14(19(3,4)21-5)7-13(9-25-12-22-11-23-25)16(15)24-17(26)27-6/h7-8,11-12H,9H2,1-4,6H3,(H,24,26). The first-order chi connectivity index (χ1) is 12.6. The van der Waals surface area contributed by atoms with Gasteiger partial charge in [-0.05, 0) is 37.1 Å². The van der Waals surface area contributed by atoms with Crippen LogP contribution in [0.2, 0.25) is 0 Å². The van der Waals surface area contributed by atoms with E-state index in [1.54, 1.807) is 30.9 Å².